The van der Waals surface area contributed by atoms with Crippen molar-refractivity contribution in [3.8, 4) is 6.07 Å². The number of thioether (sulfide) groups is 1. The van der Waals surface area contributed by atoms with Crippen molar-refractivity contribution < 1.29 is 4.79 Å². The van der Waals surface area contributed by atoms with Crippen molar-refractivity contribution in [2.24, 2.45) is 5.92 Å². The summed E-state index contributed by atoms with van der Waals surface area (Å²) in [6.07, 6.45) is 3.37. The Bertz CT molecular complexity index is 855. The van der Waals surface area contributed by atoms with Crippen LogP contribution >= 0.6 is 11.8 Å². The fraction of sp³-hybridized carbons (Fsp3) is 0.417. The smallest absolute Gasteiger partial charge is 0.238 e. The highest BCUT2D eigenvalue weighted by atomic mass is 32.2. The van der Waals surface area contributed by atoms with Crippen LogP contribution in [0.15, 0.2) is 53.4 Å². The lowest BCUT2D eigenvalue weighted by Crippen LogP contribution is -2.34. The van der Waals surface area contributed by atoms with Gasteiger partial charge >= 0.3 is 0 Å². The van der Waals surface area contributed by atoms with Crippen LogP contribution < -0.4 is 5.32 Å². The van der Waals surface area contributed by atoms with Gasteiger partial charge < -0.3 is 5.32 Å². The van der Waals surface area contributed by atoms with Crippen LogP contribution in [0.2, 0.25) is 0 Å². The van der Waals surface area contributed by atoms with Crippen LogP contribution in [-0.2, 0) is 17.8 Å². The second kappa shape index (κ2) is 10.5. The number of hydrogen-bond donors (Lipinski definition) is 1. The van der Waals surface area contributed by atoms with Crippen molar-refractivity contribution in [3.05, 3.63) is 59.7 Å². The number of amides is 1. The van der Waals surface area contributed by atoms with Crippen LogP contribution in [0.5, 0.6) is 0 Å². The van der Waals surface area contributed by atoms with E-state index < -0.39 is 0 Å². The van der Waals surface area contributed by atoms with E-state index in [9.17, 15) is 4.79 Å². The first-order valence-corrected chi connectivity index (χ1v) is 11.3. The summed E-state index contributed by atoms with van der Waals surface area (Å²) >= 11 is 1.61. The molecule has 1 atom stereocenters. The van der Waals surface area contributed by atoms with Gasteiger partial charge in [0.25, 0.3) is 0 Å². The number of hydrogen-bond acceptors (Lipinski definition) is 4. The first-order chi connectivity index (χ1) is 14.1. The summed E-state index contributed by atoms with van der Waals surface area (Å²) in [5.74, 6) is 0.711. The number of carbonyl (C=O) groups is 1. The SMILES string of the molecule is CCc1ccc(CN(CC(=O)Nc2ccccc2SCC(C)C#N)C2CC2)cc1. The molecule has 1 amide bonds. The van der Waals surface area contributed by atoms with E-state index in [0.717, 1.165) is 23.5 Å². The van der Waals surface area contributed by atoms with Crippen LogP contribution in [0.1, 0.15) is 37.8 Å². The summed E-state index contributed by atoms with van der Waals surface area (Å²) in [4.78, 5) is 16.1. The standard InChI is InChI=1S/C24H29N3OS/c1-3-19-8-10-20(11-9-19)15-27(21-12-13-21)16-24(28)26-22-6-4-5-7-23(22)29-17-18(2)14-25/h4-11,18,21H,3,12-13,15-17H2,1-2H3,(H,26,28). The number of para-hydroxylation sites is 1. The summed E-state index contributed by atoms with van der Waals surface area (Å²) in [6.45, 7) is 5.27. The normalized spacial score (nSPS) is 14.4. The van der Waals surface area contributed by atoms with Gasteiger partial charge in [0.2, 0.25) is 5.91 Å². The van der Waals surface area contributed by atoms with E-state index in [1.165, 1.54) is 24.0 Å². The summed E-state index contributed by atoms with van der Waals surface area (Å²) in [6, 6.07) is 19.3. The molecule has 29 heavy (non-hydrogen) atoms. The molecule has 0 radical (unpaired) electrons. The molecule has 2 aromatic rings. The molecule has 0 bridgehead atoms. The zero-order chi connectivity index (χ0) is 20.6. The third kappa shape index (κ3) is 6.62. The molecule has 152 valence electrons. The highest BCUT2D eigenvalue weighted by molar-refractivity contribution is 7.99. The van der Waals surface area contributed by atoms with E-state index in [0.29, 0.717) is 18.3 Å². The lowest BCUT2D eigenvalue weighted by atomic mass is 10.1. The molecule has 0 spiro atoms. The molecule has 3 rings (SSSR count). The minimum Gasteiger partial charge on any atom is -0.324 e. The number of carbonyl (C=O) groups excluding carboxylic acids is 1. The lowest BCUT2D eigenvalue weighted by molar-refractivity contribution is -0.117. The maximum Gasteiger partial charge on any atom is 0.238 e. The van der Waals surface area contributed by atoms with Crippen LogP contribution in [0, 0.1) is 17.2 Å². The average molecular weight is 408 g/mol. The molecule has 1 aliphatic rings. The largest absolute Gasteiger partial charge is 0.324 e. The van der Waals surface area contributed by atoms with E-state index in [4.69, 9.17) is 5.26 Å². The van der Waals surface area contributed by atoms with Crippen molar-refractivity contribution >= 4 is 23.4 Å². The van der Waals surface area contributed by atoms with Gasteiger partial charge in [-0.05, 0) is 49.4 Å². The monoisotopic (exact) mass is 407 g/mol. The minimum absolute atomic E-state index is 0.0171. The fourth-order valence-electron chi connectivity index (χ4n) is 3.19. The zero-order valence-corrected chi connectivity index (χ0v) is 18.0. The Hall–Kier alpha value is -2.29. The molecule has 5 heteroatoms. The molecule has 1 aliphatic carbocycles. The van der Waals surface area contributed by atoms with Gasteiger partial charge in [-0.2, -0.15) is 5.26 Å². The second-order valence-electron chi connectivity index (χ2n) is 7.69. The van der Waals surface area contributed by atoms with Crippen LogP contribution in [0.4, 0.5) is 5.69 Å². The third-order valence-electron chi connectivity index (χ3n) is 5.10. The summed E-state index contributed by atoms with van der Waals surface area (Å²) in [7, 11) is 0. The maximum atomic E-state index is 12.8. The Morgan fingerprint density at radius 3 is 2.55 bits per heavy atom. The van der Waals surface area contributed by atoms with Crippen LogP contribution in [0.25, 0.3) is 0 Å². The summed E-state index contributed by atoms with van der Waals surface area (Å²) in [5, 5.41) is 12.1. The van der Waals surface area contributed by atoms with Crippen molar-refractivity contribution in [1.29, 1.82) is 5.26 Å². The minimum atomic E-state index is -0.0202. The fourth-order valence-corrected chi connectivity index (χ4v) is 4.14. The predicted octanol–water partition coefficient (Wildman–Crippen LogP) is 5.10. The Morgan fingerprint density at radius 1 is 1.21 bits per heavy atom. The van der Waals surface area contributed by atoms with E-state index in [1.807, 2.05) is 31.2 Å². The number of nitrogens with zero attached hydrogens (tertiary/aromatic N) is 2. The Balaban J connectivity index is 1.60. The third-order valence-corrected chi connectivity index (χ3v) is 6.43. The molecule has 1 fully saturated rings. The van der Waals surface area contributed by atoms with Gasteiger partial charge in [0.1, 0.15) is 0 Å². The van der Waals surface area contributed by atoms with E-state index in [1.54, 1.807) is 11.8 Å². The van der Waals surface area contributed by atoms with E-state index in [2.05, 4.69) is 47.5 Å². The van der Waals surface area contributed by atoms with Gasteiger partial charge in [-0.1, -0.05) is 43.3 Å². The van der Waals surface area contributed by atoms with Crippen LogP contribution in [-0.4, -0.2) is 29.1 Å². The van der Waals surface area contributed by atoms with E-state index >= 15 is 0 Å². The molecule has 1 unspecified atom stereocenters. The molecular weight excluding hydrogens is 378 g/mol. The molecule has 0 aromatic heterocycles. The molecular formula is C24H29N3OS. The summed E-state index contributed by atoms with van der Waals surface area (Å²) in [5.41, 5.74) is 3.42. The van der Waals surface area contributed by atoms with Crippen molar-refractivity contribution in [1.82, 2.24) is 4.90 Å². The Morgan fingerprint density at radius 2 is 1.90 bits per heavy atom. The summed E-state index contributed by atoms with van der Waals surface area (Å²) < 4.78 is 0. The zero-order valence-electron chi connectivity index (χ0n) is 17.2. The number of nitriles is 1. The molecule has 1 N–H and O–H groups in total. The van der Waals surface area contributed by atoms with Gasteiger partial charge in [-0.25, -0.2) is 0 Å². The van der Waals surface area contributed by atoms with Gasteiger partial charge in [0.15, 0.2) is 0 Å². The Labute approximate surface area is 178 Å². The average Bonchev–Trinajstić information content (AvgIpc) is 3.58. The number of anilines is 1. The highest BCUT2D eigenvalue weighted by Gasteiger charge is 2.30. The molecule has 0 saturated heterocycles. The molecule has 0 aliphatic heterocycles. The molecule has 0 heterocycles. The quantitative estimate of drug-likeness (QED) is 0.557. The molecule has 2 aromatic carbocycles. The van der Waals surface area contributed by atoms with Crippen molar-refractivity contribution in [2.75, 3.05) is 17.6 Å². The molecule has 1 saturated carbocycles. The van der Waals surface area contributed by atoms with Crippen molar-refractivity contribution in [3.63, 3.8) is 0 Å². The topological polar surface area (TPSA) is 56.1 Å². The number of rotatable bonds is 10. The number of nitrogens with one attached hydrogen (secondary N) is 1. The van der Waals surface area contributed by atoms with Crippen molar-refractivity contribution in [2.45, 2.75) is 50.6 Å². The van der Waals surface area contributed by atoms with Gasteiger partial charge in [0.05, 0.1) is 24.2 Å². The van der Waals surface area contributed by atoms with Gasteiger partial charge in [-0.15, -0.1) is 11.8 Å². The first-order valence-electron chi connectivity index (χ1n) is 10.3. The van der Waals surface area contributed by atoms with E-state index in [-0.39, 0.29) is 11.8 Å². The van der Waals surface area contributed by atoms with Crippen LogP contribution in [0.3, 0.4) is 0 Å². The van der Waals surface area contributed by atoms with Gasteiger partial charge in [-0.3, -0.25) is 9.69 Å². The number of aryl methyl sites for hydroxylation is 1. The lowest BCUT2D eigenvalue weighted by Gasteiger charge is -2.22. The Kier molecular flexibility index (Phi) is 7.74. The first kappa shape index (κ1) is 21.4. The predicted molar refractivity (Wildman–Crippen MR) is 120 cm³/mol. The second-order valence-corrected chi connectivity index (χ2v) is 8.75. The molecule has 4 nitrogen and oxygen atoms in total. The number of benzene rings is 2. The maximum absolute atomic E-state index is 12.8. The van der Waals surface area contributed by atoms with Gasteiger partial charge in [0, 0.05) is 23.2 Å². The highest BCUT2D eigenvalue weighted by Crippen LogP contribution is 2.30.